The number of aromatic nitrogens is 2. The Morgan fingerprint density at radius 3 is 3.07 bits per heavy atom. The molecular weight excluding hydrogens is 182 g/mol. The zero-order valence-corrected chi connectivity index (χ0v) is 8.02. The molecule has 0 radical (unpaired) electrons. The summed E-state index contributed by atoms with van der Waals surface area (Å²) in [6, 6.07) is 0.183. The molecule has 78 valence electrons. The Bertz CT molecular complexity index is 263. The van der Waals surface area contributed by atoms with Crippen LogP contribution in [0, 0.1) is 0 Å². The van der Waals surface area contributed by atoms with Crippen LogP contribution in [0.5, 0.6) is 0 Å². The molecule has 14 heavy (non-hydrogen) atoms. The summed E-state index contributed by atoms with van der Waals surface area (Å²) in [7, 11) is 0. The summed E-state index contributed by atoms with van der Waals surface area (Å²) in [5, 5.41) is 16.6. The lowest BCUT2D eigenvalue weighted by molar-refractivity contribution is 0.0898. The molecule has 2 rings (SSSR count). The van der Waals surface area contributed by atoms with Gasteiger partial charge in [0.2, 0.25) is 6.39 Å². The van der Waals surface area contributed by atoms with Gasteiger partial charge in [0.25, 0.3) is 0 Å². The van der Waals surface area contributed by atoms with Crippen molar-refractivity contribution in [3.8, 4) is 0 Å². The van der Waals surface area contributed by atoms with Crippen LogP contribution in [0.3, 0.4) is 0 Å². The molecule has 1 aromatic heterocycles. The Labute approximate surface area is 82.5 Å². The fourth-order valence-electron chi connectivity index (χ4n) is 1.84. The standard InChI is InChI=1S/C9H15N3O2/c13-8-4-2-1-3-7(8)10-5-9-11-6-14-12-9/h6-8,10,13H,1-5H2. The Morgan fingerprint density at radius 1 is 1.50 bits per heavy atom. The predicted octanol–water partition coefficient (Wildman–Crippen LogP) is 0.463. The first kappa shape index (κ1) is 9.61. The molecule has 2 atom stereocenters. The normalized spacial score (nSPS) is 27.8. The Morgan fingerprint density at radius 2 is 2.36 bits per heavy atom. The van der Waals surface area contributed by atoms with Crippen molar-refractivity contribution in [2.45, 2.75) is 44.4 Å². The molecule has 5 heteroatoms. The van der Waals surface area contributed by atoms with E-state index in [4.69, 9.17) is 0 Å². The van der Waals surface area contributed by atoms with Gasteiger partial charge in [-0.2, -0.15) is 4.98 Å². The van der Waals surface area contributed by atoms with E-state index < -0.39 is 0 Å². The van der Waals surface area contributed by atoms with Crippen LogP contribution in [0.1, 0.15) is 31.5 Å². The molecule has 2 unspecified atom stereocenters. The highest BCUT2D eigenvalue weighted by Crippen LogP contribution is 2.18. The van der Waals surface area contributed by atoms with E-state index in [0.717, 1.165) is 19.3 Å². The zero-order chi connectivity index (χ0) is 9.80. The van der Waals surface area contributed by atoms with Crippen molar-refractivity contribution in [2.24, 2.45) is 0 Å². The zero-order valence-electron chi connectivity index (χ0n) is 8.02. The van der Waals surface area contributed by atoms with Gasteiger partial charge in [-0.15, -0.1) is 0 Å². The highest BCUT2D eigenvalue weighted by atomic mass is 16.5. The van der Waals surface area contributed by atoms with E-state index in [0.29, 0.717) is 12.4 Å². The van der Waals surface area contributed by atoms with Gasteiger partial charge in [-0.25, -0.2) is 0 Å². The number of nitrogens with one attached hydrogen (secondary N) is 1. The van der Waals surface area contributed by atoms with Gasteiger partial charge in [-0.3, -0.25) is 0 Å². The largest absolute Gasteiger partial charge is 0.392 e. The van der Waals surface area contributed by atoms with Gasteiger partial charge in [-0.05, 0) is 12.8 Å². The molecule has 0 bridgehead atoms. The van der Waals surface area contributed by atoms with Crippen LogP contribution in [0.2, 0.25) is 0 Å². The van der Waals surface area contributed by atoms with Crippen LogP contribution in [-0.4, -0.2) is 27.4 Å². The molecule has 1 aromatic rings. The molecule has 5 nitrogen and oxygen atoms in total. The predicted molar refractivity (Wildman–Crippen MR) is 49.4 cm³/mol. The number of hydrogen-bond acceptors (Lipinski definition) is 5. The Balaban J connectivity index is 1.79. The minimum absolute atomic E-state index is 0.183. The smallest absolute Gasteiger partial charge is 0.213 e. The van der Waals surface area contributed by atoms with Gasteiger partial charge in [0.05, 0.1) is 12.6 Å². The Hall–Kier alpha value is -0.940. The third-order valence-electron chi connectivity index (χ3n) is 2.66. The van der Waals surface area contributed by atoms with E-state index in [2.05, 4.69) is 20.0 Å². The molecule has 1 aliphatic carbocycles. The number of hydrogen-bond donors (Lipinski definition) is 2. The van der Waals surface area contributed by atoms with E-state index in [1.54, 1.807) is 0 Å². The third kappa shape index (κ3) is 2.30. The molecule has 0 saturated heterocycles. The first-order valence-corrected chi connectivity index (χ1v) is 5.03. The lowest BCUT2D eigenvalue weighted by Gasteiger charge is -2.27. The summed E-state index contributed by atoms with van der Waals surface area (Å²) in [4.78, 5) is 3.90. The molecule has 1 saturated carbocycles. The number of aliphatic hydroxyl groups excluding tert-OH is 1. The van der Waals surface area contributed by atoms with Crippen molar-refractivity contribution in [1.82, 2.24) is 15.5 Å². The summed E-state index contributed by atoms with van der Waals surface area (Å²) in [5.74, 6) is 0.641. The maximum atomic E-state index is 9.67. The quantitative estimate of drug-likeness (QED) is 0.736. The van der Waals surface area contributed by atoms with Crippen LogP contribution in [-0.2, 0) is 6.54 Å². The first-order chi connectivity index (χ1) is 6.86. The van der Waals surface area contributed by atoms with Crippen LogP contribution < -0.4 is 5.32 Å². The second kappa shape index (κ2) is 4.52. The topological polar surface area (TPSA) is 71.2 Å². The van der Waals surface area contributed by atoms with Gasteiger partial charge in [0, 0.05) is 6.04 Å². The summed E-state index contributed by atoms with van der Waals surface area (Å²) >= 11 is 0. The molecule has 1 heterocycles. The average Bonchev–Trinajstić information content (AvgIpc) is 2.69. The highest BCUT2D eigenvalue weighted by Gasteiger charge is 2.22. The molecule has 0 aliphatic heterocycles. The van der Waals surface area contributed by atoms with Gasteiger partial charge in [0.1, 0.15) is 0 Å². The third-order valence-corrected chi connectivity index (χ3v) is 2.66. The summed E-state index contributed by atoms with van der Waals surface area (Å²) in [6.07, 6.45) is 5.32. The highest BCUT2D eigenvalue weighted by molar-refractivity contribution is 4.84. The van der Waals surface area contributed by atoms with E-state index in [9.17, 15) is 5.11 Å². The monoisotopic (exact) mass is 197 g/mol. The Kier molecular flexibility index (Phi) is 3.10. The summed E-state index contributed by atoms with van der Waals surface area (Å²) in [5.41, 5.74) is 0. The van der Waals surface area contributed by atoms with Gasteiger partial charge < -0.3 is 14.9 Å². The van der Waals surface area contributed by atoms with Crippen molar-refractivity contribution in [2.75, 3.05) is 0 Å². The lowest BCUT2D eigenvalue weighted by Crippen LogP contribution is -2.41. The maximum absolute atomic E-state index is 9.67. The minimum atomic E-state index is -0.226. The average molecular weight is 197 g/mol. The summed E-state index contributed by atoms with van der Waals surface area (Å²) < 4.78 is 4.62. The van der Waals surface area contributed by atoms with Gasteiger partial charge >= 0.3 is 0 Å². The SMILES string of the molecule is OC1CCCCC1NCc1ncon1. The number of aliphatic hydroxyl groups is 1. The van der Waals surface area contributed by atoms with Crippen molar-refractivity contribution in [3.05, 3.63) is 12.2 Å². The second-order valence-corrected chi connectivity index (χ2v) is 3.69. The van der Waals surface area contributed by atoms with Crippen LogP contribution in [0.25, 0.3) is 0 Å². The van der Waals surface area contributed by atoms with Crippen LogP contribution in [0.15, 0.2) is 10.9 Å². The van der Waals surface area contributed by atoms with E-state index in [-0.39, 0.29) is 12.1 Å². The minimum Gasteiger partial charge on any atom is -0.392 e. The van der Waals surface area contributed by atoms with Gasteiger partial charge in [0.15, 0.2) is 5.82 Å². The second-order valence-electron chi connectivity index (χ2n) is 3.69. The number of nitrogens with zero attached hydrogens (tertiary/aromatic N) is 2. The molecule has 2 N–H and O–H groups in total. The van der Waals surface area contributed by atoms with Crippen molar-refractivity contribution >= 4 is 0 Å². The molecule has 0 aromatic carbocycles. The van der Waals surface area contributed by atoms with Crippen LogP contribution >= 0.6 is 0 Å². The molecule has 1 fully saturated rings. The number of rotatable bonds is 3. The van der Waals surface area contributed by atoms with E-state index in [1.165, 1.54) is 12.8 Å². The van der Waals surface area contributed by atoms with Crippen LogP contribution in [0.4, 0.5) is 0 Å². The van der Waals surface area contributed by atoms with Crippen molar-refractivity contribution in [1.29, 1.82) is 0 Å². The summed E-state index contributed by atoms with van der Waals surface area (Å²) in [6.45, 7) is 0.568. The molecule has 0 amide bonds. The maximum Gasteiger partial charge on any atom is 0.213 e. The van der Waals surface area contributed by atoms with Crippen molar-refractivity contribution < 1.29 is 9.63 Å². The lowest BCUT2D eigenvalue weighted by atomic mass is 9.93. The molecular formula is C9H15N3O2. The molecule has 0 spiro atoms. The van der Waals surface area contributed by atoms with Gasteiger partial charge in [-0.1, -0.05) is 18.0 Å². The fraction of sp³-hybridized carbons (Fsp3) is 0.778. The van der Waals surface area contributed by atoms with Crippen molar-refractivity contribution in [3.63, 3.8) is 0 Å². The fourth-order valence-corrected chi connectivity index (χ4v) is 1.84. The molecule has 1 aliphatic rings. The van der Waals surface area contributed by atoms with E-state index in [1.807, 2.05) is 0 Å². The van der Waals surface area contributed by atoms with E-state index >= 15 is 0 Å². The first-order valence-electron chi connectivity index (χ1n) is 5.03.